The number of aromatic nitrogens is 1. The summed E-state index contributed by atoms with van der Waals surface area (Å²) < 4.78 is 26.0. The number of aryl methyl sites for hydroxylation is 1. The third-order valence-corrected chi connectivity index (χ3v) is 6.32. The molecule has 3 nitrogen and oxygen atoms in total. The number of hydrogen-bond donors (Lipinski definition) is 1. The molecule has 0 fully saturated rings. The fraction of sp³-hybridized carbons (Fsp3) is 0.158. The summed E-state index contributed by atoms with van der Waals surface area (Å²) in [6, 6.07) is 14.6. The second-order valence-corrected chi connectivity index (χ2v) is 8.35. The van der Waals surface area contributed by atoms with Gasteiger partial charge in [0.25, 0.3) is 0 Å². The molecule has 124 valence electrons. The van der Waals surface area contributed by atoms with Gasteiger partial charge in [0.1, 0.15) is 5.25 Å². The van der Waals surface area contributed by atoms with Crippen LogP contribution in [-0.4, -0.2) is 13.4 Å². The number of aromatic amines is 1. The van der Waals surface area contributed by atoms with Crippen molar-refractivity contribution in [3.8, 4) is 0 Å². The quantitative estimate of drug-likeness (QED) is 0.654. The van der Waals surface area contributed by atoms with Gasteiger partial charge in [-0.3, -0.25) is 0 Å². The standard InChI is InChI=1S/C19H18ClNO2S/c1-3-19(14-7-5-4-6-8-14)24(22,23)12-17-13(2)21-18-10-9-15(20)11-16(17)18/h3-11,19,21H,1,12H2,2H3. The summed E-state index contributed by atoms with van der Waals surface area (Å²) in [5, 5.41) is 0.699. The summed E-state index contributed by atoms with van der Waals surface area (Å²) in [6.07, 6.45) is 1.49. The normalized spacial score (nSPS) is 13.1. The average Bonchev–Trinajstić information content (AvgIpc) is 2.84. The summed E-state index contributed by atoms with van der Waals surface area (Å²) in [4.78, 5) is 3.22. The van der Waals surface area contributed by atoms with Crippen LogP contribution in [0.25, 0.3) is 10.9 Å². The number of sulfone groups is 1. The highest BCUT2D eigenvalue weighted by Crippen LogP contribution is 2.32. The van der Waals surface area contributed by atoms with Gasteiger partial charge >= 0.3 is 0 Å². The van der Waals surface area contributed by atoms with Crippen molar-refractivity contribution in [2.24, 2.45) is 0 Å². The molecule has 0 aliphatic carbocycles. The van der Waals surface area contributed by atoms with Gasteiger partial charge in [0.05, 0.1) is 5.75 Å². The van der Waals surface area contributed by atoms with Crippen LogP contribution in [0.5, 0.6) is 0 Å². The Kier molecular flexibility index (Phi) is 4.52. The lowest BCUT2D eigenvalue weighted by atomic mass is 10.1. The van der Waals surface area contributed by atoms with Crippen molar-refractivity contribution in [2.45, 2.75) is 17.9 Å². The van der Waals surface area contributed by atoms with Gasteiger partial charge in [-0.15, -0.1) is 6.58 Å². The van der Waals surface area contributed by atoms with E-state index >= 15 is 0 Å². The molecule has 5 heteroatoms. The first-order valence-electron chi connectivity index (χ1n) is 7.58. The molecule has 24 heavy (non-hydrogen) atoms. The first-order chi connectivity index (χ1) is 11.4. The van der Waals surface area contributed by atoms with Gasteiger partial charge in [-0.2, -0.15) is 0 Å². The van der Waals surface area contributed by atoms with E-state index in [9.17, 15) is 8.42 Å². The van der Waals surface area contributed by atoms with Gasteiger partial charge in [-0.05, 0) is 36.2 Å². The second-order valence-electron chi connectivity index (χ2n) is 5.79. The van der Waals surface area contributed by atoms with Gasteiger partial charge in [-0.25, -0.2) is 8.42 Å². The van der Waals surface area contributed by atoms with E-state index in [0.29, 0.717) is 5.02 Å². The number of nitrogens with one attached hydrogen (secondary N) is 1. The third-order valence-electron chi connectivity index (χ3n) is 4.16. The molecule has 2 aromatic carbocycles. The Labute approximate surface area is 146 Å². The Bertz CT molecular complexity index is 991. The van der Waals surface area contributed by atoms with Crippen LogP contribution in [0.4, 0.5) is 0 Å². The Morgan fingerprint density at radius 3 is 2.58 bits per heavy atom. The minimum absolute atomic E-state index is 0.0647. The molecular formula is C19H18ClNO2S. The number of hydrogen-bond acceptors (Lipinski definition) is 2. The van der Waals surface area contributed by atoms with E-state index in [-0.39, 0.29) is 5.75 Å². The van der Waals surface area contributed by atoms with Crippen molar-refractivity contribution in [1.82, 2.24) is 4.98 Å². The Hall–Kier alpha value is -2.04. The van der Waals surface area contributed by atoms with E-state index < -0.39 is 15.1 Å². The van der Waals surface area contributed by atoms with Gasteiger partial charge in [-0.1, -0.05) is 48.0 Å². The van der Waals surface area contributed by atoms with E-state index in [1.807, 2.05) is 43.3 Å². The summed E-state index contributed by atoms with van der Waals surface area (Å²) in [6.45, 7) is 5.60. The predicted octanol–water partition coefficient (Wildman–Crippen LogP) is 4.97. The van der Waals surface area contributed by atoms with E-state index in [4.69, 9.17) is 11.6 Å². The van der Waals surface area contributed by atoms with Crippen LogP contribution < -0.4 is 0 Å². The molecule has 0 saturated heterocycles. The maximum Gasteiger partial charge on any atom is 0.165 e. The molecular weight excluding hydrogens is 342 g/mol. The van der Waals surface area contributed by atoms with Crippen molar-refractivity contribution in [1.29, 1.82) is 0 Å². The molecule has 1 N–H and O–H groups in total. The number of halogens is 1. The van der Waals surface area contributed by atoms with E-state index in [2.05, 4.69) is 11.6 Å². The second kappa shape index (κ2) is 6.46. The number of rotatable bonds is 5. The van der Waals surface area contributed by atoms with Crippen LogP contribution in [0.1, 0.15) is 22.1 Å². The third kappa shape index (κ3) is 3.12. The van der Waals surface area contributed by atoms with Crippen LogP contribution >= 0.6 is 11.6 Å². The Morgan fingerprint density at radius 2 is 1.92 bits per heavy atom. The van der Waals surface area contributed by atoms with Gasteiger partial charge in [0.2, 0.25) is 0 Å². The molecule has 3 rings (SSSR count). The molecule has 1 aromatic heterocycles. The topological polar surface area (TPSA) is 49.9 Å². The molecule has 1 heterocycles. The Balaban J connectivity index is 2.05. The zero-order valence-electron chi connectivity index (χ0n) is 13.3. The van der Waals surface area contributed by atoms with E-state index in [1.165, 1.54) is 6.08 Å². The molecule has 1 atom stereocenters. The SMILES string of the molecule is C=CC(c1ccccc1)S(=O)(=O)Cc1c(C)[nH]c2ccc(Cl)cc12. The smallest absolute Gasteiger partial charge is 0.165 e. The summed E-state index contributed by atoms with van der Waals surface area (Å²) in [5.41, 5.74) is 3.21. The molecule has 0 radical (unpaired) electrons. The zero-order valence-corrected chi connectivity index (χ0v) is 14.9. The maximum absolute atomic E-state index is 13.0. The van der Waals surface area contributed by atoms with Crippen LogP contribution in [0, 0.1) is 6.92 Å². The number of H-pyrrole nitrogens is 1. The maximum atomic E-state index is 13.0. The number of fused-ring (bicyclic) bond motifs is 1. The zero-order chi connectivity index (χ0) is 17.3. The predicted molar refractivity (Wildman–Crippen MR) is 100 cm³/mol. The van der Waals surface area contributed by atoms with E-state index in [0.717, 1.165) is 27.7 Å². The minimum atomic E-state index is -3.46. The lowest BCUT2D eigenvalue weighted by molar-refractivity contribution is 0.589. The monoisotopic (exact) mass is 359 g/mol. The molecule has 0 aliphatic heterocycles. The van der Waals surface area contributed by atoms with Gasteiger partial charge < -0.3 is 4.98 Å². The molecule has 0 saturated carbocycles. The van der Waals surface area contributed by atoms with Crippen LogP contribution in [0.15, 0.2) is 61.2 Å². The highest BCUT2D eigenvalue weighted by atomic mass is 35.5. The molecule has 0 bridgehead atoms. The highest BCUT2D eigenvalue weighted by Gasteiger charge is 2.26. The van der Waals surface area contributed by atoms with Crippen LogP contribution in [-0.2, 0) is 15.6 Å². The van der Waals surface area contributed by atoms with Crippen LogP contribution in [0.2, 0.25) is 5.02 Å². The fourth-order valence-corrected chi connectivity index (χ4v) is 4.96. The van der Waals surface area contributed by atoms with Crippen molar-refractivity contribution in [2.75, 3.05) is 0 Å². The Morgan fingerprint density at radius 1 is 1.21 bits per heavy atom. The van der Waals surface area contributed by atoms with Crippen molar-refractivity contribution < 1.29 is 8.42 Å². The molecule has 3 aromatic rings. The summed E-state index contributed by atoms with van der Waals surface area (Å²) in [5.74, 6) is -0.0647. The molecule has 0 amide bonds. The average molecular weight is 360 g/mol. The fourth-order valence-electron chi connectivity index (χ4n) is 2.96. The molecule has 0 aliphatic rings. The van der Waals surface area contributed by atoms with Gasteiger partial charge in [0, 0.05) is 21.6 Å². The van der Waals surface area contributed by atoms with Gasteiger partial charge in [0.15, 0.2) is 9.84 Å². The molecule has 1 unspecified atom stereocenters. The first-order valence-corrected chi connectivity index (χ1v) is 9.67. The lowest BCUT2D eigenvalue weighted by Gasteiger charge is -2.14. The first kappa shape index (κ1) is 16.8. The van der Waals surface area contributed by atoms with Crippen molar-refractivity contribution in [3.05, 3.63) is 83.0 Å². The molecule has 0 spiro atoms. The van der Waals surface area contributed by atoms with E-state index in [1.54, 1.807) is 12.1 Å². The lowest BCUT2D eigenvalue weighted by Crippen LogP contribution is -2.14. The number of benzene rings is 2. The van der Waals surface area contributed by atoms with Crippen molar-refractivity contribution in [3.63, 3.8) is 0 Å². The minimum Gasteiger partial charge on any atom is -0.358 e. The summed E-state index contributed by atoms with van der Waals surface area (Å²) in [7, 11) is -3.46. The largest absolute Gasteiger partial charge is 0.358 e. The highest BCUT2D eigenvalue weighted by molar-refractivity contribution is 7.91. The summed E-state index contributed by atoms with van der Waals surface area (Å²) >= 11 is 6.08. The van der Waals surface area contributed by atoms with Crippen molar-refractivity contribution >= 4 is 32.3 Å². The van der Waals surface area contributed by atoms with Crippen LogP contribution in [0.3, 0.4) is 0 Å².